The molecule has 0 fully saturated rings. The molecular weight excluding hydrogens is 500 g/mol. The van der Waals surface area contributed by atoms with Gasteiger partial charge in [-0.3, -0.25) is 14.9 Å². The van der Waals surface area contributed by atoms with Crippen molar-refractivity contribution in [1.29, 1.82) is 0 Å². The highest BCUT2D eigenvalue weighted by Crippen LogP contribution is 2.41. The van der Waals surface area contributed by atoms with Crippen LogP contribution in [0.3, 0.4) is 0 Å². The van der Waals surface area contributed by atoms with Gasteiger partial charge in [0.05, 0.1) is 12.2 Å². The van der Waals surface area contributed by atoms with Gasteiger partial charge < -0.3 is 24.6 Å². The summed E-state index contributed by atoms with van der Waals surface area (Å²) in [6, 6.07) is 9.64. The number of halogens is 1. The van der Waals surface area contributed by atoms with Gasteiger partial charge in [-0.1, -0.05) is 22.0 Å². The summed E-state index contributed by atoms with van der Waals surface area (Å²) in [4.78, 5) is 48.2. The van der Waals surface area contributed by atoms with Crippen LogP contribution < -0.4 is 20.1 Å². The Morgan fingerprint density at radius 3 is 2.61 bits per heavy atom. The smallest absolute Gasteiger partial charge is 0.453 e. The molecule has 33 heavy (non-hydrogen) atoms. The zero-order chi connectivity index (χ0) is 23.8. The first-order valence-electron chi connectivity index (χ1n) is 9.76. The minimum Gasteiger partial charge on any atom is -0.475 e. The second-order valence-corrected chi connectivity index (χ2v) is 7.96. The summed E-state index contributed by atoms with van der Waals surface area (Å²) in [6.07, 6.45) is 1.48. The number of amides is 2. The Morgan fingerprint density at radius 1 is 1.12 bits per heavy atom. The average molecular weight is 517 g/mol. The molecule has 1 atom stereocenters. The summed E-state index contributed by atoms with van der Waals surface area (Å²) in [6.45, 7) is 1.72. The average Bonchev–Trinajstić information content (AvgIpc) is 3.16. The van der Waals surface area contributed by atoms with Gasteiger partial charge in [0, 0.05) is 28.3 Å². The molecule has 2 aliphatic rings. The minimum atomic E-state index is -2.60. The predicted octanol–water partition coefficient (Wildman–Crippen LogP) is 1.97. The fourth-order valence-electron chi connectivity index (χ4n) is 3.35. The Bertz CT molecular complexity index is 1220. The van der Waals surface area contributed by atoms with E-state index in [2.05, 4.69) is 26.6 Å². The molecule has 2 aromatic carbocycles. The lowest BCUT2D eigenvalue weighted by Gasteiger charge is -2.19. The van der Waals surface area contributed by atoms with E-state index in [-0.39, 0.29) is 30.2 Å². The second-order valence-electron chi connectivity index (χ2n) is 7.04. The van der Waals surface area contributed by atoms with Gasteiger partial charge in [0.25, 0.3) is 11.8 Å². The van der Waals surface area contributed by atoms with Gasteiger partial charge in [-0.2, -0.15) is 0 Å². The lowest BCUT2D eigenvalue weighted by molar-refractivity contribution is -0.198. The maximum atomic E-state index is 12.3. The van der Waals surface area contributed by atoms with Crippen molar-refractivity contribution in [1.82, 2.24) is 10.6 Å². The third-order valence-corrected chi connectivity index (χ3v) is 5.38. The minimum absolute atomic E-state index is 0.0420. The van der Waals surface area contributed by atoms with Gasteiger partial charge in [0.15, 0.2) is 11.5 Å². The van der Waals surface area contributed by atoms with Crippen LogP contribution in [-0.2, 0) is 25.7 Å². The zero-order valence-electron chi connectivity index (χ0n) is 17.1. The Labute approximate surface area is 195 Å². The summed E-state index contributed by atoms with van der Waals surface area (Å²) < 4.78 is 16.1. The van der Waals surface area contributed by atoms with Crippen molar-refractivity contribution in [3.05, 3.63) is 63.8 Å². The molecule has 0 saturated heterocycles. The molecule has 2 aliphatic heterocycles. The van der Waals surface area contributed by atoms with Crippen LogP contribution in [0.4, 0.5) is 0 Å². The number of fused-ring (bicyclic) bond motifs is 2. The molecule has 1 unspecified atom stereocenters. The van der Waals surface area contributed by atoms with Gasteiger partial charge in [0.2, 0.25) is 0 Å². The van der Waals surface area contributed by atoms with Crippen LogP contribution in [0.25, 0.3) is 5.57 Å². The van der Waals surface area contributed by atoms with E-state index in [1.165, 1.54) is 25.3 Å². The number of hydrogen-bond acceptors (Lipinski definition) is 8. The van der Waals surface area contributed by atoms with Gasteiger partial charge in [-0.05, 0) is 42.8 Å². The normalized spacial score (nSPS) is 19.6. The molecule has 170 valence electrons. The molecule has 3 N–H and O–H groups in total. The quantitative estimate of drug-likeness (QED) is 0.227. The van der Waals surface area contributed by atoms with E-state index >= 15 is 0 Å². The standard InChI is InChI=1S/C22H17BrN2O8/c1-2-31-21(30)22(20(28)29)32-16-6-3-11(7-17(16)33-22)9-24-10-15-14-8-12(23)4-5-13(14)18(26)25-19(15)27/h3-8,10,24H,2,9H2,1H3,(H,28,29)(H,25,26,27)/b15-10-. The molecule has 11 heteroatoms. The molecule has 2 amide bonds. The number of rotatable bonds is 6. The topological polar surface area (TPSA) is 140 Å². The molecule has 4 rings (SSSR count). The van der Waals surface area contributed by atoms with Crippen molar-refractivity contribution in [2.75, 3.05) is 6.61 Å². The largest absolute Gasteiger partial charge is 0.475 e. The molecule has 2 aromatic rings. The van der Waals surface area contributed by atoms with Gasteiger partial charge in [0.1, 0.15) is 0 Å². The molecule has 0 aromatic heterocycles. The molecule has 0 bridgehead atoms. The maximum absolute atomic E-state index is 12.3. The lowest BCUT2D eigenvalue weighted by Crippen LogP contribution is -2.55. The molecular formula is C22H17BrN2O8. The van der Waals surface area contributed by atoms with Crippen LogP contribution in [0.1, 0.15) is 28.4 Å². The fraction of sp³-hybridized carbons (Fsp3) is 0.182. The highest BCUT2D eigenvalue weighted by Gasteiger charge is 2.58. The number of ether oxygens (including phenoxy) is 3. The first-order chi connectivity index (χ1) is 15.7. The van der Waals surface area contributed by atoms with E-state index in [1.54, 1.807) is 24.3 Å². The fourth-order valence-corrected chi connectivity index (χ4v) is 3.71. The molecule has 0 spiro atoms. The Balaban J connectivity index is 1.53. The third kappa shape index (κ3) is 4.02. The Morgan fingerprint density at radius 2 is 1.88 bits per heavy atom. The van der Waals surface area contributed by atoms with Crippen LogP contribution >= 0.6 is 15.9 Å². The van der Waals surface area contributed by atoms with Gasteiger partial charge >= 0.3 is 17.7 Å². The second kappa shape index (κ2) is 8.58. The van der Waals surface area contributed by atoms with Crippen LogP contribution in [0.2, 0.25) is 0 Å². The summed E-state index contributed by atoms with van der Waals surface area (Å²) >= 11 is 3.34. The van der Waals surface area contributed by atoms with E-state index in [1.807, 2.05) is 0 Å². The third-order valence-electron chi connectivity index (χ3n) is 4.88. The first-order valence-corrected chi connectivity index (χ1v) is 10.5. The van der Waals surface area contributed by atoms with Crippen molar-refractivity contribution in [3.63, 3.8) is 0 Å². The van der Waals surface area contributed by atoms with Crippen LogP contribution in [0.5, 0.6) is 11.5 Å². The van der Waals surface area contributed by atoms with Crippen molar-refractivity contribution in [2.24, 2.45) is 0 Å². The summed E-state index contributed by atoms with van der Waals surface area (Å²) in [5.74, 6) is -6.27. The van der Waals surface area contributed by atoms with E-state index < -0.39 is 29.5 Å². The van der Waals surface area contributed by atoms with Crippen molar-refractivity contribution >= 4 is 45.3 Å². The van der Waals surface area contributed by atoms with Crippen LogP contribution in [0.15, 0.2) is 47.1 Å². The number of carbonyl (C=O) groups excluding carboxylic acids is 3. The number of hydrogen-bond donors (Lipinski definition) is 3. The molecule has 0 saturated carbocycles. The van der Waals surface area contributed by atoms with Gasteiger partial charge in [-0.25, -0.2) is 9.59 Å². The number of carbonyl (C=O) groups is 4. The number of esters is 1. The predicted molar refractivity (Wildman–Crippen MR) is 116 cm³/mol. The first kappa shape index (κ1) is 22.3. The van der Waals surface area contributed by atoms with E-state index in [0.29, 0.717) is 21.2 Å². The molecule has 0 aliphatic carbocycles. The van der Waals surface area contributed by atoms with Crippen molar-refractivity contribution < 1.29 is 38.5 Å². The molecule has 10 nitrogen and oxygen atoms in total. The summed E-state index contributed by atoms with van der Waals surface area (Å²) in [7, 11) is 0. The maximum Gasteiger partial charge on any atom is 0.453 e. The summed E-state index contributed by atoms with van der Waals surface area (Å²) in [5, 5.41) is 14.8. The van der Waals surface area contributed by atoms with E-state index in [0.717, 1.165) is 0 Å². The van der Waals surface area contributed by atoms with E-state index in [9.17, 15) is 24.3 Å². The SMILES string of the molecule is CCOC(=O)C1(C(=O)O)Oc2ccc(CN/C=C3\C(=O)NC(=O)c4ccc(Br)cc43)cc2O1. The van der Waals surface area contributed by atoms with E-state index in [4.69, 9.17) is 14.2 Å². The van der Waals surface area contributed by atoms with Crippen LogP contribution in [-0.4, -0.2) is 41.3 Å². The summed E-state index contributed by atoms with van der Waals surface area (Å²) in [5.41, 5.74) is 1.79. The number of carboxylic acids is 1. The van der Waals surface area contributed by atoms with Crippen LogP contribution in [0, 0.1) is 0 Å². The van der Waals surface area contributed by atoms with Crippen molar-refractivity contribution in [2.45, 2.75) is 19.3 Å². The van der Waals surface area contributed by atoms with Gasteiger partial charge in [-0.15, -0.1) is 0 Å². The lowest BCUT2D eigenvalue weighted by atomic mass is 9.95. The number of nitrogens with one attached hydrogen (secondary N) is 2. The number of aliphatic carboxylic acids is 1. The zero-order valence-corrected chi connectivity index (χ0v) is 18.7. The number of carboxylic acid groups (broad SMARTS) is 1. The molecule has 2 heterocycles. The Kier molecular flexibility index (Phi) is 5.81. The molecule has 0 radical (unpaired) electrons. The highest BCUT2D eigenvalue weighted by molar-refractivity contribution is 9.10. The number of imide groups is 1. The van der Waals surface area contributed by atoms with Crippen molar-refractivity contribution in [3.8, 4) is 11.5 Å². The highest BCUT2D eigenvalue weighted by atomic mass is 79.9. The number of benzene rings is 2. The monoisotopic (exact) mass is 516 g/mol. The Hall–Kier alpha value is -3.86.